The number of benzene rings is 2. The van der Waals surface area contributed by atoms with Gasteiger partial charge in [0.15, 0.2) is 0 Å². The van der Waals surface area contributed by atoms with Crippen LogP contribution in [0.5, 0.6) is 0 Å². The fourth-order valence-corrected chi connectivity index (χ4v) is 2.08. The quantitative estimate of drug-likeness (QED) is 0.205. The second kappa shape index (κ2) is 11.7. The molecule has 0 unspecified atom stereocenters. The molecule has 0 aliphatic heterocycles. The summed E-state index contributed by atoms with van der Waals surface area (Å²) in [6.07, 6.45) is 0.345. The Labute approximate surface area is 163 Å². The van der Waals surface area contributed by atoms with Crippen LogP contribution in [0, 0.1) is 6.57 Å². The third-order valence-electron chi connectivity index (χ3n) is 3.53. The molecule has 0 bridgehead atoms. The number of oxime groups is 1. The lowest BCUT2D eigenvalue weighted by Crippen LogP contribution is -2.14. The molecule has 0 aromatic heterocycles. The van der Waals surface area contributed by atoms with Gasteiger partial charge in [0.2, 0.25) is 6.54 Å². The van der Waals surface area contributed by atoms with Crippen LogP contribution in [0.3, 0.4) is 0 Å². The number of nitrogens with zero attached hydrogens (tertiary/aromatic N) is 2. The maximum atomic E-state index is 11.1. The Morgan fingerprint density at radius 1 is 0.964 bits per heavy atom. The number of esters is 2. The summed E-state index contributed by atoms with van der Waals surface area (Å²) in [5.41, 5.74) is 8.09. The molecule has 0 fully saturated rings. The fraction of sp³-hybridized carbons (Fsp3) is 0.200. The lowest BCUT2D eigenvalue weighted by atomic mass is 10.1. The first-order valence-electron chi connectivity index (χ1n) is 8.09. The van der Waals surface area contributed by atoms with Crippen molar-refractivity contribution in [2.75, 3.05) is 14.2 Å². The van der Waals surface area contributed by atoms with E-state index in [4.69, 9.17) is 17.5 Å². The van der Waals surface area contributed by atoms with Crippen LogP contribution < -0.4 is 5.73 Å². The van der Waals surface area contributed by atoms with E-state index in [0.29, 0.717) is 24.1 Å². The third kappa shape index (κ3) is 7.17. The minimum absolute atomic E-state index is 0.126. The van der Waals surface area contributed by atoms with Crippen LogP contribution in [0.4, 0.5) is 0 Å². The summed E-state index contributed by atoms with van der Waals surface area (Å²) in [5.74, 6) is -0.611. The van der Waals surface area contributed by atoms with E-state index < -0.39 is 0 Å². The molecule has 0 heterocycles. The molecule has 28 heavy (non-hydrogen) atoms. The van der Waals surface area contributed by atoms with E-state index in [1.807, 2.05) is 0 Å². The van der Waals surface area contributed by atoms with Crippen molar-refractivity contribution < 1.29 is 24.3 Å². The van der Waals surface area contributed by atoms with E-state index in [-0.39, 0.29) is 17.8 Å². The van der Waals surface area contributed by atoms with Crippen LogP contribution in [-0.4, -0.2) is 37.2 Å². The second-order valence-electron chi connectivity index (χ2n) is 5.46. The van der Waals surface area contributed by atoms with Crippen molar-refractivity contribution in [3.63, 3.8) is 0 Å². The Balaban J connectivity index is 0.000000283. The largest absolute Gasteiger partial charge is 0.465 e. The van der Waals surface area contributed by atoms with Gasteiger partial charge in [0.1, 0.15) is 5.84 Å². The number of ether oxygens (including phenoxy) is 2. The van der Waals surface area contributed by atoms with Gasteiger partial charge in [0.25, 0.3) is 0 Å². The highest BCUT2D eigenvalue weighted by Crippen LogP contribution is 2.07. The summed E-state index contributed by atoms with van der Waals surface area (Å²) in [5, 5.41) is 11.2. The smallest absolute Gasteiger partial charge is 0.337 e. The van der Waals surface area contributed by atoms with Gasteiger partial charge in [0, 0.05) is 12.0 Å². The van der Waals surface area contributed by atoms with E-state index in [2.05, 4.69) is 19.5 Å². The van der Waals surface area contributed by atoms with Crippen molar-refractivity contribution in [2.45, 2.75) is 13.0 Å². The number of methoxy groups -OCH3 is 2. The lowest BCUT2D eigenvalue weighted by molar-refractivity contribution is 0.0592. The molecule has 0 amide bonds. The van der Waals surface area contributed by atoms with Crippen molar-refractivity contribution in [1.29, 1.82) is 0 Å². The average molecular weight is 383 g/mol. The van der Waals surface area contributed by atoms with Gasteiger partial charge in [-0.05, 0) is 29.8 Å². The van der Waals surface area contributed by atoms with Crippen LogP contribution in [0.2, 0.25) is 0 Å². The highest BCUT2D eigenvalue weighted by atomic mass is 16.5. The Kier molecular flexibility index (Phi) is 9.27. The number of rotatable bonds is 5. The minimum atomic E-state index is -0.384. The van der Waals surface area contributed by atoms with Gasteiger partial charge < -0.3 is 25.3 Å². The van der Waals surface area contributed by atoms with Crippen molar-refractivity contribution in [3.05, 3.63) is 82.2 Å². The number of carbonyl (C=O) groups excluding carboxylic acids is 2. The maximum absolute atomic E-state index is 11.1. The number of nitrogens with two attached hydrogens (primary N) is 1. The van der Waals surface area contributed by atoms with Crippen molar-refractivity contribution in [3.8, 4) is 0 Å². The summed E-state index contributed by atoms with van der Waals surface area (Å²) in [6.45, 7) is 7.00. The molecular formula is C20H21N3O5. The molecule has 0 aliphatic rings. The molecule has 0 radical (unpaired) electrons. The van der Waals surface area contributed by atoms with Crippen molar-refractivity contribution in [1.82, 2.24) is 0 Å². The topological polar surface area (TPSA) is 116 Å². The first-order chi connectivity index (χ1) is 13.4. The molecule has 0 saturated heterocycles. The Morgan fingerprint density at radius 3 is 1.75 bits per heavy atom. The number of carbonyl (C=O) groups is 2. The molecule has 2 aromatic rings. The summed E-state index contributed by atoms with van der Waals surface area (Å²) in [7, 11) is 2.67. The molecule has 0 spiro atoms. The van der Waals surface area contributed by atoms with E-state index in [9.17, 15) is 9.59 Å². The van der Waals surface area contributed by atoms with Crippen LogP contribution >= 0.6 is 0 Å². The molecule has 146 valence electrons. The van der Waals surface area contributed by atoms with Crippen molar-refractivity contribution in [2.24, 2.45) is 10.9 Å². The molecule has 0 atom stereocenters. The Bertz CT molecular complexity index is 853. The average Bonchev–Trinajstić information content (AvgIpc) is 2.74. The zero-order chi connectivity index (χ0) is 20.9. The second-order valence-corrected chi connectivity index (χ2v) is 5.46. The van der Waals surface area contributed by atoms with Crippen LogP contribution in [0.15, 0.2) is 53.7 Å². The third-order valence-corrected chi connectivity index (χ3v) is 3.53. The van der Waals surface area contributed by atoms with Gasteiger partial charge in [-0.25, -0.2) is 16.2 Å². The zero-order valence-corrected chi connectivity index (χ0v) is 15.6. The van der Waals surface area contributed by atoms with Crippen molar-refractivity contribution >= 4 is 17.8 Å². The Hall–Kier alpha value is -3.86. The summed E-state index contributed by atoms with van der Waals surface area (Å²) in [4.78, 5) is 25.3. The summed E-state index contributed by atoms with van der Waals surface area (Å²) < 4.78 is 9.09. The van der Waals surface area contributed by atoms with Crippen LogP contribution in [0.25, 0.3) is 4.85 Å². The Morgan fingerprint density at radius 2 is 1.39 bits per heavy atom. The minimum Gasteiger partial charge on any atom is -0.465 e. The molecule has 2 rings (SSSR count). The normalized spacial score (nSPS) is 10.1. The molecule has 3 N–H and O–H groups in total. The molecule has 8 nitrogen and oxygen atoms in total. The monoisotopic (exact) mass is 383 g/mol. The van der Waals surface area contributed by atoms with Gasteiger partial charge in [-0.15, -0.1) is 0 Å². The van der Waals surface area contributed by atoms with Crippen LogP contribution in [0.1, 0.15) is 31.8 Å². The zero-order valence-electron chi connectivity index (χ0n) is 15.6. The number of hydrogen-bond acceptors (Lipinski definition) is 6. The molecule has 0 aliphatic carbocycles. The first-order valence-corrected chi connectivity index (χ1v) is 8.09. The highest BCUT2D eigenvalue weighted by molar-refractivity contribution is 5.90. The summed E-state index contributed by atoms with van der Waals surface area (Å²) >= 11 is 0. The maximum Gasteiger partial charge on any atom is 0.337 e. The van der Waals surface area contributed by atoms with E-state index in [1.165, 1.54) is 14.2 Å². The van der Waals surface area contributed by atoms with Gasteiger partial charge >= 0.3 is 11.9 Å². The van der Waals surface area contributed by atoms with E-state index >= 15 is 0 Å². The van der Waals surface area contributed by atoms with E-state index in [0.717, 1.165) is 11.1 Å². The van der Waals surface area contributed by atoms with Gasteiger partial charge in [-0.3, -0.25) is 0 Å². The summed E-state index contributed by atoms with van der Waals surface area (Å²) in [6, 6.07) is 13.5. The lowest BCUT2D eigenvalue weighted by Gasteiger charge is -2.01. The van der Waals surface area contributed by atoms with Gasteiger partial charge in [-0.1, -0.05) is 29.4 Å². The highest BCUT2D eigenvalue weighted by Gasteiger charge is 2.05. The van der Waals surface area contributed by atoms with Gasteiger partial charge in [-0.2, -0.15) is 0 Å². The predicted molar refractivity (Wildman–Crippen MR) is 103 cm³/mol. The van der Waals surface area contributed by atoms with Crippen LogP contribution in [-0.2, 0) is 22.4 Å². The predicted octanol–water partition coefficient (Wildman–Crippen LogP) is 2.65. The fourth-order valence-electron chi connectivity index (χ4n) is 2.08. The molecule has 8 heteroatoms. The number of amidine groups is 1. The van der Waals surface area contributed by atoms with Gasteiger partial charge in [0.05, 0.1) is 25.3 Å². The first kappa shape index (κ1) is 22.2. The molecular weight excluding hydrogens is 362 g/mol. The van der Waals surface area contributed by atoms with E-state index in [1.54, 1.807) is 48.5 Å². The SMILES string of the molecule is COC(=O)c1ccc(CC(N)=NO)cc1.[C-]#[N+]Cc1ccc(C(=O)OC)cc1. The molecule has 0 saturated carbocycles. The molecule has 2 aromatic carbocycles. The number of hydrogen-bond donors (Lipinski definition) is 2. The standard InChI is InChI=1S/C10H12N2O3.C10H9NO2/c1-15-10(13)8-4-2-7(3-5-8)6-9(11)12-14;1-11-7-8-3-5-9(6-4-8)10(12)13-2/h2-5,14H,6H2,1H3,(H2,11,12);3-6H,7H2,2H3.